The molecule has 0 aliphatic carbocycles. The van der Waals surface area contributed by atoms with E-state index in [0.717, 1.165) is 0 Å². The van der Waals surface area contributed by atoms with E-state index >= 15 is 0 Å². The predicted octanol–water partition coefficient (Wildman–Crippen LogP) is 2.71. The number of nitrogens with one attached hydrogen (secondary N) is 1. The summed E-state index contributed by atoms with van der Waals surface area (Å²) in [7, 11) is 1.69. The second-order valence-corrected chi connectivity index (χ2v) is 5.29. The molecule has 7 heteroatoms. The van der Waals surface area contributed by atoms with E-state index in [9.17, 15) is 9.59 Å². The first-order valence-electron chi connectivity index (χ1n) is 7.76. The summed E-state index contributed by atoms with van der Waals surface area (Å²) < 4.78 is 10.1. The summed E-state index contributed by atoms with van der Waals surface area (Å²) >= 11 is 0. The van der Waals surface area contributed by atoms with Gasteiger partial charge in [0.05, 0.1) is 12.3 Å². The number of para-hydroxylation sites is 2. The summed E-state index contributed by atoms with van der Waals surface area (Å²) in [6.07, 6.45) is 0. The first-order valence-corrected chi connectivity index (χ1v) is 7.76. The van der Waals surface area contributed by atoms with E-state index in [4.69, 9.17) is 4.74 Å². The van der Waals surface area contributed by atoms with Crippen LogP contribution in [-0.2, 0) is 0 Å². The third kappa shape index (κ3) is 3.45. The van der Waals surface area contributed by atoms with Crippen molar-refractivity contribution in [3.8, 4) is 17.1 Å². The molecule has 1 amide bonds. The molecule has 3 aromatic rings. The van der Waals surface area contributed by atoms with Crippen LogP contribution in [0.1, 0.15) is 17.3 Å². The van der Waals surface area contributed by atoms with Crippen LogP contribution in [0, 0.1) is 0 Å². The van der Waals surface area contributed by atoms with Crippen LogP contribution < -0.4 is 15.4 Å². The van der Waals surface area contributed by atoms with Crippen molar-refractivity contribution in [3.63, 3.8) is 0 Å². The van der Waals surface area contributed by atoms with Crippen molar-refractivity contribution in [2.24, 2.45) is 0 Å². The van der Waals surface area contributed by atoms with Crippen LogP contribution in [0.5, 0.6) is 5.75 Å². The zero-order valence-corrected chi connectivity index (χ0v) is 13.9. The second kappa shape index (κ2) is 7.04. The van der Waals surface area contributed by atoms with Crippen LogP contribution in [-0.4, -0.2) is 29.7 Å². The van der Waals surface area contributed by atoms with E-state index in [-0.39, 0.29) is 11.7 Å². The quantitative estimate of drug-likeness (QED) is 0.772. The highest BCUT2D eigenvalue weighted by molar-refractivity contribution is 6.07. The molecule has 0 unspecified atom stereocenters. The topological polar surface area (TPSA) is 88.4 Å². The maximum absolute atomic E-state index is 12.8. The van der Waals surface area contributed by atoms with Gasteiger partial charge in [-0.2, -0.15) is 0 Å². The van der Waals surface area contributed by atoms with E-state index < -0.39 is 5.76 Å². The number of anilines is 1. The number of aromatic nitrogens is 2. The van der Waals surface area contributed by atoms with Crippen molar-refractivity contribution in [1.82, 2.24) is 10.1 Å². The van der Waals surface area contributed by atoms with E-state index in [0.29, 0.717) is 29.2 Å². The lowest BCUT2D eigenvalue weighted by atomic mass is 10.1. The van der Waals surface area contributed by atoms with E-state index in [1.165, 1.54) is 4.90 Å². The molecule has 2 aromatic carbocycles. The minimum absolute atomic E-state index is 0.208. The van der Waals surface area contributed by atoms with Crippen molar-refractivity contribution in [2.45, 2.75) is 6.92 Å². The van der Waals surface area contributed by atoms with Crippen LogP contribution >= 0.6 is 0 Å². The molecule has 0 bridgehead atoms. The molecule has 0 saturated carbocycles. The zero-order chi connectivity index (χ0) is 17.8. The third-order valence-corrected chi connectivity index (χ3v) is 3.65. The first-order chi connectivity index (χ1) is 12.1. The van der Waals surface area contributed by atoms with E-state index in [1.807, 2.05) is 31.2 Å². The molecule has 1 aromatic heterocycles. The minimum atomic E-state index is -0.644. The lowest BCUT2D eigenvalue weighted by molar-refractivity contribution is 0.0992. The highest BCUT2D eigenvalue weighted by atomic mass is 16.5. The number of carbonyl (C=O) groups excluding carboxylic acids is 1. The zero-order valence-electron chi connectivity index (χ0n) is 13.9. The van der Waals surface area contributed by atoms with Crippen LogP contribution in [0.4, 0.5) is 5.69 Å². The Hall–Kier alpha value is -3.35. The summed E-state index contributed by atoms with van der Waals surface area (Å²) in [5.41, 5.74) is 1.72. The van der Waals surface area contributed by atoms with Gasteiger partial charge in [0, 0.05) is 18.2 Å². The minimum Gasteiger partial charge on any atom is -0.492 e. The van der Waals surface area contributed by atoms with Gasteiger partial charge in [-0.05, 0) is 31.2 Å². The smallest absolute Gasteiger partial charge is 0.439 e. The summed E-state index contributed by atoms with van der Waals surface area (Å²) in [4.78, 5) is 27.9. The maximum Gasteiger partial charge on any atom is 0.439 e. The van der Waals surface area contributed by atoms with Gasteiger partial charge in [0.1, 0.15) is 5.75 Å². The van der Waals surface area contributed by atoms with Gasteiger partial charge in [0.15, 0.2) is 5.82 Å². The van der Waals surface area contributed by atoms with Crippen molar-refractivity contribution in [2.75, 3.05) is 18.6 Å². The molecule has 7 nitrogen and oxygen atoms in total. The number of ether oxygens (including phenoxy) is 1. The highest BCUT2D eigenvalue weighted by Crippen LogP contribution is 2.28. The molecule has 128 valence electrons. The Kier molecular flexibility index (Phi) is 4.65. The Bertz CT molecular complexity index is 945. The fourth-order valence-corrected chi connectivity index (χ4v) is 2.47. The number of carbonyl (C=O) groups is 1. The fourth-order valence-electron chi connectivity index (χ4n) is 2.47. The van der Waals surface area contributed by atoms with Gasteiger partial charge in [-0.1, -0.05) is 29.4 Å². The number of nitrogens with zero attached hydrogens (tertiary/aromatic N) is 2. The maximum atomic E-state index is 12.8. The standard InChI is InChI=1S/C18H17N3O4/c1-3-24-15-10-5-4-9-14(15)21(2)17(22)13-8-6-7-12(11-13)16-19-18(23)25-20-16/h4-11H,3H2,1-2H3,(H,19,20,23). The Morgan fingerprint density at radius 3 is 2.76 bits per heavy atom. The number of H-pyrrole nitrogens is 1. The molecular formula is C18H17N3O4. The van der Waals surface area contributed by atoms with Crippen LogP contribution in [0.15, 0.2) is 57.8 Å². The molecule has 1 heterocycles. The van der Waals surface area contributed by atoms with Crippen LogP contribution in [0.25, 0.3) is 11.4 Å². The van der Waals surface area contributed by atoms with Crippen LogP contribution in [0.3, 0.4) is 0 Å². The molecule has 0 spiro atoms. The predicted molar refractivity (Wildman–Crippen MR) is 92.9 cm³/mol. The number of aromatic amines is 1. The monoisotopic (exact) mass is 339 g/mol. The normalized spacial score (nSPS) is 10.5. The van der Waals surface area contributed by atoms with Gasteiger partial charge >= 0.3 is 5.76 Å². The molecule has 25 heavy (non-hydrogen) atoms. The average Bonchev–Trinajstić information content (AvgIpc) is 3.08. The van der Waals surface area contributed by atoms with Gasteiger partial charge in [-0.25, -0.2) is 4.79 Å². The summed E-state index contributed by atoms with van der Waals surface area (Å²) in [5, 5.41) is 3.64. The first kappa shape index (κ1) is 16.5. The fraction of sp³-hybridized carbons (Fsp3) is 0.167. The number of hydrogen-bond donors (Lipinski definition) is 1. The SMILES string of the molecule is CCOc1ccccc1N(C)C(=O)c1cccc(-c2noc(=O)[nH]2)c1. The molecule has 0 atom stereocenters. The molecule has 0 radical (unpaired) electrons. The van der Waals surface area contributed by atoms with Gasteiger partial charge in [0.25, 0.3) is 5.91 Å². The summed E-state index contributed by atoms with van der Waals surface area (Å²) in [5.74, 6) is 0.0594. The molecule has 1 N–H and O–H groups in total. The molecule has 0 aliphatic heterocycles. The lowest BCUT2D eigenvalue weighted by Crippen LogP contribution is -2.26. The number of amides is 1. The van der Waals surface area contributed by atoms with Gasteiger partial charge in [0.2, 0.25) is 0 Å². The van der Waals surface area contributed by atoms with Crippen molar-refractivity contribution >= 4 is 11.6 Å². The van der Waals surface area contributed by atoms with Gasteiger partial charge in [-0.15, -0.1) is 0 Å². The number of rotatable bonds is 5. The molecule has 3 rings (SSSR count). The van der Waals surface area contributed by atoms with Crippen molar-refractivity contribution in [1.29, 1.82) is 0 Å². The third-order valence-electron chi connectivity index (χ3n) is 3.65. The van der Waals surface area contributed by atoms with Crippen molar-refractivity contribution in [3.05, 3.63) is 64.6 Å². The van der Waals surface area contributed by atoms with Crippen molar-refractivity contribution < 1.29 is 14.1 Å². The largest absolute Gasteiger partial charge is 0.492 e. The van der Waals surface area contributed by atoms with Gasteiger partial charge in [-0.3, -0.25) is 14.3 Å². The average molecular weight is 339 g/mol. The molecular weight excluding hydrogens is 322 g/mol. The summed E-state index contributed by atoms with van der Waals surface area (Å²) in [6.45, 7) is 2.40. The molecule has 0 aliphatic rings. The van der Waals surface area contributed by atoms with E-state index in [2.05, 4.69) is 14.7 Å². The Morgan fingerprint density at radius 1 is 1.24 bits per heavy atom. The summed E-state index contributed by atoms with van der Waals surface area (Å²) in [6, 6.07) is 14.1. The second-order valence-electron chi connectivity index (χ2n) is 5.29. The molecule has 0 saturated heterocycles. The van der Waals surface area contributed by atoms with Crippen LogP contribution in [0.2, 0.25) is 0 Å². The van der Waals surface area contributed by atoms with E-state index in [1.54, 1.807) is 31.3 Å². The highest BCUT2D eigenvalue weighted by Gasteiger charge is 2.18. The Morgan fingerprint density at radius 2 is 2.04 bits per heavy atom. The Balaban J connectivity index is 1.92. The lowest BCUT2D eigenvalue weighted by Gasteiger charge is -2.20. The number of hydrogen-bond acceptors (Lipinski definition) is 5. The molecule has 0 fully saturated rings. The number of benzene rings is 2. The Labute approximate surface area is 143 Å². The van der Waals surface area contributed by atoms with Gasteiger partial charge < -0.3 is 9.64 Å².